The Hall–Kier alpha value is -1.56. The fourth-order valence-electron chi connectivity index (χ4n) is 1.83. The number of halogens is 1. The average Bonchev–Trinajstić information content (AvgIpc) is 2.49. The SMILES string of the molecule is COC(=O)CN1CCC(=O)Nc2ccc(Br)cc21. The highest BCUT2D eigenvalue weighted by Crippen LogP contribution is 2.31. The number of carbonyl (C=O) groups is 2. The summed E-state index contributed by atoms with van der Waals surface area (Å²) in [6, 6.07) is 5.54. The van der Waals surface area contributed by atoms with Crippen LogP contribution in [0.4, 0.5) is 11.4 Å². The van der Waals surface area contributed by atoms with E-state index in [1.54, 1.807) is 0 Å². The smallest absolute Gasteiger partial charge is 0.325 e. The number of benzene rings is 1. The summed E-state index contributed by atoms with van der Waals surface area (Å²) in [5, 5.41) is 2.82. The number of nitrogens with zero attached hydrogens (tertiary/aromatic N) is 1. The number of nitrogens with one attached hydrogen (secondary N) is 1. The summed E-state index contributed by atoms with van der Waals surface area (Å²) in [5.41, 5.74) is 1.53. The van der Waals surface area contributed by atoms with E-state index in [9.17, 15) is 9.59 Å². The van der Waals surface area contributed by atoms with Crippen molar-refractivity contribution in [3.63, 3.8) is 0 Å². The van der Waals surface area contributed by atoms with Gasteiger partial charge in [0, 0.05) is 17.4 Å². The van der Waals surface area contributed by atoms with Crippen LogP contribution in [0, 0.1) is 0 Å². The molecule has 96 valence electrons. The van der Waals surface area contributed by atoms with E-state index in [4.69, 9.17) is 0 Å². The summed E-state index contributed by atoms with van der Waals surface area (Å²) in [6.45, 7) is 0.624. The molecule has 6 heteroatoms. The summed E-state index contributed by atoms with van der Waals surface area (Å²) >= 11 is 3.39. The van der Waals surface area contributed by atoms with Crippen molar-refractivity contribution in [2.24, 2.45) is 0 Å². The largest absolute Gasteiger partial charge is 0.468 e. The zero-order valence-corrected chi connectivity index (χ0v) is 11.5. The quantitative estimate of drug-likeness (QED) is 0.846. The van der Waals surface area contributed by atoms with Crippen molar-refractivity contribution in [3.05, 3.63) is 22.7 Å². The number of methoxy groups -OCH3 is 1. The first-order valence-corrected chi connectivity index (χ1v) is 6.30. The molecule has 0 radical (unpaired) electrons. The Bertz CT molecular complexity index is 490. The number of esters is 1. The van der Waals surface area contributed by atoms with Gasteiger partial charge in [0.1, 0.15) is 6.54 Å². The van der Waals surface area contributed by atoms with Gasteiger partial charge in [-0.15, -0.1) is 0 Å². The van der Waals surface area contributed by atoms with Gasteiger partial charge in [0.15, 0.2) is 0 Å². The Balaban J connectivity index is 2.34. The van der Waals surface area contributed by atoms with Gasteiger partial charge >= 0.3 is 5.97 Å². The summed E-state index contributed by atoms with van der Waals surface area (Å²) in [4.78, 5) is 24.8. The molecule has 0 unspecified atom stereocenters. The van der Waals surface area contributed by atoms with Crippen LogP contribution >= 0.6 is 15.9 Å². The lowest BCUT2D eigenvalue weighted by Gasteiger charge is -2.22. The van der Waals surface area contributed by atoms with E-state index in [-0.39, 0.29) is 18.4 Å². The Morgan fingerprint density at radius 3 is 3.06 bits per heavy atom. The molecule has 0 saturated carbocycles. The zero-order chi connectivity index (χ0) is 13.1. The maximum Gasteiger partial charge on any atom is 0.325 e. The lowest BCUT2D eigenvalue weighted by Crippen LogP contribution is -2.31. The lowest BCUT2D eigenvalue weighted by molar-refractivity contribution is -0.139. The third-order valence-electron chi connectivity index (χ3n) is 2.73. The van der Waals surface area contributed by atoms with E-state index >= 15 is 0 Å². The number of anilines is 2. The van der Waals surface area contributed by atoms with Gasteiger partial charge < -0.3 is 15.0 Å². The normalized spacial score (nSPS) is 14.6. The minimum Gasteiger partial charge on any atom is -0.468 e. The van der Waals surface area contributed by atoms with Crippen LogP contribution in [0.2, 0.25) is 0 Å². The van der Waals surface area contributed by atoms with Gasteiger partial charge in [0.25, 0.3) is 0 Å². The van der Waals surface area contributed by atoms with Crippen molar-refractivity contribution < 1.29 is 14.3 Å². The fraction of sp³-hybridized carbons (Fsp3) is 0.333. The predicted octanol–water partition coefficient (Wildman–Crippen LogP) is 1.77. The number of fused-ring (bicyclic) bond motifs is 1. The third-order valence-corrected chi connectivity index (χ3v) is 3.22. The Kier molecular flexibility index (Phi) is 3.86. The van der Waals surface area contributed by atoms with E-state index in [0.717, 1.165) is 10.2 Å². The maximum atomic E-state index is 11.6. The molecule has 1 amide bonds. The van der Waals surface area contributed by atoms with Crippen molar-refractivity contribution in [1.29, 1.82) is 0 Å². The molecule has 0 saturated heterocycles. The number of ether oxygens (including phenoxy) is 1. The first-order valence-electron chi connectivity index (χ1n) is 5.51. The molecule has 0 spiro atoms. The van der Waals surface area contributed by atoms with E-state index in [1.807, 2.05) is 23.1 Å². The van der Waals surface area contributed by atoms with Gasteiger partial charge in [-0.25, -0.2) is 0 Å². The van der Waals surface area contributed by atoms with Crippen LogP contribution in [0.3, 0.4) is 0 Å². The molecule has 1 aliphatic rings. The Labute approximate surface area is 113 Å². The van der Waals surface area contributed by atoms with Crippen molar-refractivity contribution in [2.45, 2.75) is 6.42 Å². The van der Waals surface area contributed by atoms with Crippen LogP contribution in [0.5, 0.6) is 0 Å². The molecule has 1 aromatic carbocycles. The topological polar surface area (TPSA) is 58.6 Å². The van der Waals surface area contributed by atoms with Crippen molar-refractivity contribution in [3.8, 4) is 0 Å². The highest BCUT2D eigenvalue weighted by Gasteiger charge is 2.21. The van der Waals surface area contributed by atoms with Crippen LogP contribution in [-0.2, 0) is 14.3 Å². The van der Waals surface area contributed by atoms with Gasteiger partial charge in [0.05, 0.1) is 18.5 Å². The van der Waals surface area contributed by atoms with Gasteiger partial charge in [-0.3, -0.25) is 9.59 Å². The third kappa shape index (κ3) is 2.81. The highest BCUT2D eigenvalue weighted by atomic mass is 79.9. The molecule has 1 aliphatic heterocycles. The monoisotopic (exact) mass is 312 g/mol. The summed E-state index contributed by atoms with van der Waals surface area (Å²) in [7, 11) is 1.35. The van der Waals surface area contributed by atoms with E-state index in [2.05, 4.69) is 26.0 Å². The molecular weight excluding hydrogens is 300 g/mol. The van der Waals surface area contributed by atoms with E-state index in [0.29, 0.717) is 18.7 Å². The first kappa shape index (κ1) is 12.9. The summed E-state index contributed by atoms with van der Waals surface area (Å²) < 4.78 is 5.56. The minimum atomic E-state index is -0.324. The first-order chi connectivity index (χ1) is 8.60. The predicted molar refractivity (Wildman–Crippen MR) is 71.6 cm³/mol. The molecule has 2 rings (SSSR count). The number of amides is 1. The highest BCUT2D eigenvalue weighted by molar-refractivity contribution is 9.10. The molecule has 0 bridgehead atoms. The van der Waals surface area contributed by atoms with Crippen LogP contribution < -0.4 is 10.2 Å². The summed E-state index contributed by atoms with van der Waals surface area (Å²) in [5.74, 6) is -0.374. The van der Waals surface area contributed by atoms with Gasteiger partial charge in [-0.05, 0) is 18.2 Å². The molecule has 0 aromatic heterocycles. The molecule has 0 aliphatic carbocycles. The molecule has 1 aromatic rings. The van der Waals surface area contributed by atoms with E-state index < -0.39 is 0 Å². The number of hydrogen-bond donors (Lipinski definition) is 1. The van der Waals surface area contributed by atoms with Crippen LogP contribution in [0.1, 0.15) is 6.42 Å². The second kappa shape index (κ2) is 5.39. The zero-order valence-electron chi connectivity index (χ0n) is 9.90. The van der Waals surface area contributed by atoms with Crippen LogP contribution in [-0.4, -0.2) is 32.1 Å². The molecule has 1 N–H and O–H groups in total. The molecule has 0 fully saturated rings. The summed E-state index contributed by atoms with van der Waals surface area (Å²) in [6.07, 6.45) is 0.350. The van der Waals surface area contributed by atoms with Gasteiger partial charge in [-0.2, -0.15) is 0 Å². The Morgan fingerprint density at radius 1 is 1.56 bits per heavy atom. The van der Waals surface area contributed by atoms with Crippen LogP contribution in [0.15, 0.2) is 22.7 Å². The van der Waals surface area contributed by atoms with Gasteiger partial charge in [0.2, 0.25) is 5.91 Å². The molecule has 5 nitrogen and oxygen atoms in total. The molecule has 18 heavy (non-hydrogen) atoms. The average molecular weight is 313 g/mol. The second-order valence-corrected chi connectivity index (χ2v) is 4.87. The Morgan fingerprint density at radius 2 is 2.33 bits per heavy atom. The molecule has 0 atom stereocenters. The van der Waals surface area contributed by atoms with Crippen molar-refractivity contribution >= 4 is 39.2 Å². The molecule has 1 heterocycles. The maximum absolute atomic E-state index is 11.6. The van der Waals surface area contributed by atoms with E-state index in [1.165, 1.54) is 7.11 Å². The minimum absolute atomic E-state index is 0.0501. The lowest BCUT2D eigenvalue weighted by atomic mass is 10.2. The van der Waals surface area contributed by atoms with Crippen LogP contribution in [0.25, 0.3) is 0 Å². The standard InChI is InChI=1S/C12H13BrN2O3/c1-18-12(17)7-15-5-4-11(16)14-9-3-2-8(13)6-10(9)15/h2-3,6H,4-5,7H2,1H3,(H,14,16). The fourth-order valence-corrected chi connectivity index (χ4v) is 2.18. The number of rotatable bonds is 2. The number of carbonyl (C=O) groups excluding carboxylic acids is 2. The van der Waals surface area contributed by atoms with Crippen molar-refractivity contribution in [2.75, 3.05) is 30.4 Å². The second-order valence-electron chi connectivity index (χ2n) is 3.96. The van der Waals surface area contributed by atoms with Crippen molar-refractivity contribution in [1.82, 2.24) is 0 Å². The number of hydrogen-bond acceptors (Lipinski definition) is 4. The molecular formula is C12H13BrN2O3. The van der Waals surface area contributed by atoms with Gasteiger partial charge in [-0.1, -0.05) is 15.9 Å².